The van der Waals surface area contributed by atoms with Gasteiger partial charge in [-0.05, 0) is 11.8 Å². The van der Waals surface area contributed by atoms with Gasteiger partial charge in [-0.15, -0.1) is 0 Å². The summed E-state index contributed by atoms with van der Waals surface area (Å²) in [5.74, 6) is 1.74. The predicted molar refractivity (Wildman–Crippen MR) is 69.4 cm³/mol. The van der Waals surface area contributed by atoms with Gasteiger partial charge in [-0.3, -0.25) is 0 Å². The molecule has 15 heavy (non-hydrogen) atoms. The van der Waals surface area contributed by atoms with Crippen LogP contribution in [0.2, 0.25) is 5.31 Å². The summed E-state index contributed by atoms with van der Waals surface area (Å²) in [5, 5.41) is 0.102. The molecule has 0 spiro atoms. The van der Waals surface area contributed by atoms with Crippen molar-refractivity contribution >= 4 is 7.85 Å². The van der Waals surface area contributed by atoms with Gasteiger partial charge in [0.05, 0.1) is 7.85 Å². The zero-order valence-corrected chi connectivity index (χ0v) is 10.9. The van der Waals surface area contributed by atoms with Gasteiger partial charge in [-0.2, -0.15) is 0 Å². The second kappa shape index (κ2) is 5.96. The molecular weight excluding hydrogens is 179 g/mol. The Hall–Kier alpha value is 0.0649. The molecule has 0 amide bonds. The predicted octanol–water partition coefficient (Wildman–Crippen LogP) is 4.74. The Morgan fingerprint density at radius 2 is 1.67 bits per heavy atom. The molecule has 0 aliphatic heterocycles. The van der Waals surface area contributed by atoms with Crippen LogP contribution in [0.4, 0.5) is 0 Å². The molecule has 1 saturated carbocycles. The van der Waals surface area contributed by atoms with Crippen LogP contribution in [0, 0.1) is 11.8 Å². The molecule has 0 N–H and O–H groups in total. The average molecular weight is 206 g/mol. The van der Waals surface area contributed by atoms with Crippen LogP contribution in [-0.4, -0.2) is 7.85 Å². The summed E-state index contributed by atoms with van der Waals surface area (Å²) in [5.41, 5.74) is 0. The van der Waals surface area contributed by atoms with Crippen molar-refractivity contribution in [3.63, 3.8) is 0 Å². The van der Waals surface area contributed by atoms with Crippen molar-refractivity contribution in [3.05, 3.63) is 0 Å². The minimum atomic E-state index is 0.102. The molecule has 0 aromatic heterocycles. The third kappa shape index (κ3) is 5.09. The number of hydrogen-bond acceptors (Lipinski definition) is 0. The van der Waals surface area contributed by atoms with Gasteiger partial charge in [-0.25, -0.2) is 0 Å². The third-order valence-electron chi connectivity index (χ3n) is 4.10. The molecule has 2 radical (unpaired) electrons. The molecule has 1 fully saturated rings. The van der Waals surface area contributed by atoms with Crippen molar-refractivity contribution in [1.82, 2.24) is 0 Å². The van der Waals surface area contributed by atoms with Gasteiger partial charge >= 0.3 is 0 Å². The fraction of sp³-hybridized carbons (Fsp3) is 1.00. The Morgan fingerprint density at radius 1 is 1.00 bits per heavy atom. The maximum absolute atomic E-state index is 6.33. The van der Waals surface area contributed by atoms with Crippen LogP contribution in [0.15, 0.2) is 0 Å². The van der Waals surface area contributed by atoms with Gasteiger partial charge in [0.2, 0.25) is 0 Å². The van der Waals surface area contributed by atoms with Crippen molar-refractivity contribution in [2.24, 2.45) is 11.8 Å². The maximum Gasteiger partial charge on any atom is 0.0742 e. The van der Waals surface area contributed by atoms with Crippen molar-refractivity contribution in [2.75, 3.05) is 0 Å². The van der Waals surface area contributed by atoms with E-state index in [2.05, 4.69) is 20.8 Å². The first-order valence-electron chi connectivity index (χ1n) is 6.80. The minimum Gasteiger partial charge on any atom is -0.0688 e. The summed E-state index contributed by atoms with van der Waals surface area (Å²) in [6.07, 6.45) is 10.8. The smallest absolute Gasteiger partial charge is 0.0688 e. The fourth-order valence-corrected chi connectivity index (χ4v) is 2.74. The lowest BCUT2D eigenvalue weighted by Crippen LogP contribution is -2.15. The molecule has 0 heterocycles. The van der Waals surface area contributed by atoms with Crippen LogP contribution in [0.1, 0.15) is 72.1 Å². The fourth-order valence-electron chi connectivity index (χ4n) is 2.74. The van der Waals surface area contributed by atoms with Crippen LogP contribution in [0.3, 0.4) is 0 Å². The third-order valence-corrected chi connectivity index (χ3v) is 4.10. The van der Waals surface area contributed by atoms with Gasteiger partial charge < -0.3 is 0 Å². The molecule has 1 aliphatic rings. The molecule has 0 bridgehead atoms. The van der Waals surface area contributed by atoms with E-state index in [1.807, 2.05) is 0 Å². The van der Waals surface area contributed by atoms with Gasteiger partial charge in [0, 0.05) is 0 Å². The van der Waals surface area contributed by atoms with E-state index < -0.39 is 0 Å². The summed E-state index contributed by atoms with van der Waals surface area (Å²) in [4.78, 5) is 0. The van der Waals surface area contributed by atoms with E-state index in [0.717, 1.165) is 11.8 Å². The van der Waals surface area contributed by atoms with Crippen LogP contribution < -0.4 is 0 Å². The highest BCUT2D eigenvalue weighted by molar-refractivity contribution is 6.14. The van der Waals surface area contributed by atoms with E-state index in [4.69, 9.17) is 7.85 Å². The van der Waals surface area contributed by atoms with E-state index in [1.165, 1.54) is 51.4 Å². The second-order valence-corrected chi connectivity index (χ2v) is 6.15. The van der Waals surface area contributed by atoms with Crippen LogP contribution in [0.5, 0.6) is 0 Å². The average Bonchev–Trinajstić information content (AvgIpc) is 2.14. The second-order valence-electron chi connectivity index (χ2n) is 6.15. The molecular formula is C14H27B. The van der Waals surface area contributed by atoms with Gasteiger partial charge in [0.15, 0.2) is 0 Å². The van der Waals surface area contributed by atoms with Crippen molar-refractivity contribution < 1.29 is 0 Å². The van der Waals surface area contributed by atoms with E-state index >= 15 is 0 Å². The largest absolute Gasteiger partial charge is 0.0742 e. The summed E-state index contributed by atoms with van der Waals surface area (Å²) < 4.78 is 0. The lowest BCUT2D eigenvalue weighted by Gasteiger charge is -2.30. The summed E-state index contributed by atoms with van der Waals surface area (Å²) in [7, 11) is 6.33. The standard InChI is InChI=1S/C14H27B/c1-12(2)13-8-6-4-5-7-10-14(3,15)11-9-13/h12-13H,4-11H2,1-3H3. The van der Waals surface area contributed by atoms with Gasteiger partial charge in [0.25, 0.3) is 0 Å². The monoisotopic (exact) mass is 206 g/mol. The highest BCUT2D eigenvalue weighted by atomic mass is 14.2. The highest BCUT2D eigenvalue weighted by Crippen LogP contribution is 2.38. The lowest BCUT2D eigenvalue weighted by molar-refractivity contribution is 0.287. The molecule has 1 aliphatic carbocycles. The molecule has 0 aromatic carbocycles. The first-order chi connectivity index (χ1) is 7.01. The Bertz CT molecular complexity index is 172. The summed E-state index contributed by atoms with van der Waals surface area (Å²) in [6, 6.07) is 0. The van der Waals surface area contributed by atoms with E-state index in [9.17, 15) is 0 Å². The first kappa shape index (κ1) is 13.1. The van der Waals surface area contributed by atoms with Crippen LogP contribution >= 0.6 is 0 Å². The molecule has 1 rings (SSSR count). The first-order valence-corrected chi connectivity index (χ1v) is 6.80. The van der Waals surface area contributed by atoms with Crippen molar-refractivity contribution in [1.29, 1.82) is 0 Å². The van der Waals surface area contributed by atoms with E-state index in [-0.39, 0.29) is 5.31 Å². The quantitative estimate of drug-likeness (QED) is 0.543. The Labute approximate surface area is 97.6 Å². The summed E-state index contributed by atoms with van der Waals surface area (Å²) >= 11 is 0. The maximum atomic E-state index is 6.33. The lowest BCUT2D eigenvalue weighted by atomic mass is 9.63. The molecule has 2 atom stereocenters. The van der Waals surface area contributed by atoms with Crippen molar-refractivity contribution in [3.8, 4) is 0 Å². The zero-order chi connectivity index (χ0) is 11.3. The normalized spacial score (nSPS) is 35.3. The molecule has 86 valence electrons. The summed E-state index contributed by atoms with van der Waals surface area (Å²) in [6.45, 7) is 6.97. The van der Waals surface area contributed by atoms with E-state index in [1.54, 1.807) is 0 Å². The Morgan fingerprint density at radius 3 is 2.33 bits per heavy atom. The Balaban J connectivity index is 2.48. The Kier molecular flexibility index (Phi) is 5.22. The van der Waals surface area contributed by atoms with Gasteiger partial charge in [-0.1, -0.05) is 77.5 Å². The topological polar surface area (TPSA) is 0 Å². The molecule has 2 unspecified atom stereocenters. The highest BCUT2D eigenvalue weighted by Gasteiger charge is 2.21. The van der Waals surface area contributed by atoms with Crippen LogP contribution in [-0.2, 0) is 0 Å². The molecule has 0 aromatic rings. The van der Waals surface area contributed by atoms with Crippen molar-refractivity contribution in [2.45, 2.75) is 77.5 Å². The molecule has 0 saturated heterocycles. The minimum absolute atomic E-state index is 0.102. The zero-order valence-electron chi connectivity index (χ0n) is 10.9. The van der Waals surface area contributed by atoms with Crippen LogP contribution in [0.25, 0.3) is 0 Å². The van der Waals surface area contributed by atoms with Gasteiger partial charge in [0.1, 0.15) is 0 Å². The number of rotatable bonds is 1. The van der Waals surface area contributed by atoms with E-state index in [0.29, 0.717) is 0 Å². The number of hydrogen-bond donors (Lipinski definition) is 0. The molecule has 1 heteroatoms. The molecule has 0 nitrogen and oxygen atoms in total. The SMILES string of the molecule is [B]C1(C)CCCCCCC(C(C)C)CC1.